The summed E-state index contributed by atoms with van der Waals surface area (Å²) in [5, 5.41) is 3.61. The second kappa shape index (κ2) is 9.37. The number of pyridine rings is 1. The van der Waals surface area contributed by atoms with E-state index >= 15 is 0 Å². The number of rotatable bonds is 6. The highest BCUT2D eigenvalue weighted by Gasteiger charge is 2.56. The number of nitrogens with zero attached hydrogens (tertiary/aromatic N) is 4. The van der Waals surface area contributed by atoms with Gasteiger partial charge < -0.3 is 15.1 Å². The summed E-state index contributed by atoms with van der Waals surface area (Å²) in [6.07, 6.45) is 5.97. The molecule has 6 rings (SSSR count). The number of hydrogen-bond donors (Lipinski definition) is 1. The van der Waals surface area contributed by atoms with Crippen molar-refractivity contribution in [3.63, 3.8) is 0 Å². The monoisotopic (exact) mass is 487 g/mol. The summed E-state index contributed by atoms with van der Waals surface area (Å²) in [6, 6.07) is 13.3. The Kier molecular flexibility index (Phi) is 6.19. The first-order valence-corrected chi connectivity index (χ1v) is 14.0. The number of amides is 1. The molecule has 1 N–H and O–H groups in total. The van der Waals surface area contributed by atoms with Crippen LogP contribution in [0.2, 0.25) is 0 Å². The summed E-state index contributed by atoms with van der Waals surface area (Å²) in [4.78, 5) is 24.9. The zero-order chi connectivity index (χ0) is 24.9. The first-order chi connectivity index (χ1) is 17.4. The molecule has 192 valence electrons. The Hall–Kier alpha value is -2.60. The van der Waals surface area contributed by atoms with E-state index in [1.54, 1.807) is 0 Å². The van der Waals surface area contributed by atoms with Crippen LogP contribution in [0, 0.1) is 17.8 Å². The van der Waals surface area contributed by atoms with E-state index < -0.39 is 0 Å². The molecular formula is C30H41N5O. The minimum Gasteiger partial charge on any atom is -0.383 e. The van der Waals surface area contributed by atoms with Crippen LogP contribution >= 0.6 is 0 Å². The molecule has 4 aliphatic rings. The van der Waals surface area contributed by atoms with Gasteiger partial charge in [-0.15, -0.1) is 0 Å². The molecule has 36 heavy (non-hydrogen) atoms. The number of anilines is 2. The van der Waals surface area contributed by atoms with Crippen LogP contribution in [0.1, 0.15) is 56.0 Å². The molecule has 4 fully saturated rings. The van der Waals surface area contributed by atoms with Crippen LogP contribution in [0.25, 0.3) is 0 Å². The van der Waals surface area contributed by atoms with Crippen LogP contribution < -0.4 is 10.2 Å². The molecular weight excluding hydrogens is 446 g/mol. The van der Waals surface area contributed by atoms with Crippen molar-refractivity contribution in [3.05, 3.63) is 53.7 Å². The summed E-state index contributed by atoms with van der Waals surface area (Å²) in [5.74, 6) is 3.22. The lowest BCUT2D eigenvalue weighted by molar-refractivity contribution is 0.0768. The molecule has 3 aliphatic heterocycles. The molecule has 6 nitrogen and oxygen atoms in total. The third-order valence-corrected chi connectivity index (χ3v) is 9.09. The molecule has 0 spiro atoms. The van der Waals surface area contributed by atoms with Crippen molar-refractivity contribution in [1.82, 2.24) is 14.8 Å². The second-order valence-corrected chi connectivity index (χ2v) is 12.4. The van der Waals surface area contributed by atoms with Crippen molar-refractivity contribution in [3.8, 4) is 0 Å². The van der Waals surface area contributed by atoms with Crippen LogP contribution in [0.4, 0.5) is 11.5 Å². The first kappa shape index (κ1) is 23.8. The van der Waals surface area contributed by atoms with Gasteiger partial charge in [-0.1, -0.05) is 32.9 Å². The molecule has 1 amide bonds. The number of piperidine rings is 1. The fraction of sp³-hybridized carbons (Fsp3) is 0.600. The number of benzene rings is 1. The maximum absolute atomic E-state index is 13.0. The van der Waals surface area contributed by atoms with Crippen LogP contribution in [0.5, 0.6) is 0 Å². The zero-order valence-electron chi connectivity index (χ0n) is 22.1. The van der Waals surface area contributed by atoms with E-state index in [4.69, 9.17) is 4.98 Å². The summed E-state index contributed by atoms with van der Waals surface area (Å²) < 4.78 is 0. The van der Waals surface area contributed by atoms with Gasteiger partial charge in [0.25, 0.3) is 5.91 Å². The van der Waals surface area contributed by atoms with Crippen molar-refractivity contribution in [2.24, 2.45) is 17.8 Å². The van der Waals surface area contributed by atoms with Gasteiger partial charge >= 0.3 is 0 Å². The van der Waals surface area contributed by atoms with Gasteiger partial charge in [0, 0.05) is 44.3 Å². The number of hydrogen-bond acceptors (Lipinski definition) is 5. The van der Waals surface area contributed by atoms with Crippen molar-refractivity contribution >= 4 is 17.4 Å². The summed E-state index contributed by atoms with van der Waals surface area (Å²) in [7, 11) is 0. The van der Waals surface area contributed by atoms with Crippen molar-refractivity contribution < 1.29 is 4.79 Å². The Morgan fingerprint density at radius 2 is 1.69 bits per heavy atom. The SMILES string of the molecule is CC(C)(C)c1ccc(C(=O)N2CC3C(CNc4ccc(N5CCC(N6CCCC6)C5)nc4)C3C2)cc1. The quantitative estimate of drug-likeness (QED) is 0.651. The van der Waals surface area contributed by atoms with Gasteiger partial charge in [0.15, 0.2) is 0 Å². The highest BCUT2D eigenvalue weighted by Crippen LogP contribution is 2.51. The number of aromatic nitrogens is 1. The van der Waals surface area contributed by atoms with Gasteiger partial charge in [-0.25, -0.2) is 4.98 Å². The molecule has 6 heteroatoms. The topological polar surface area (TPSA) is 51.7 Å². The lowest BCUT2D eigenvalue weighted by Gasteiger charge is -2.24. The molecule has 1 aromatic heterocycles. The normalized spacial score (nSPS) is 28.0. The Morgan fingerprint density at radius 1 is 0.972 bits per heavy atom. The molecule has 1 aromatic carbocycles. The summed E-state index contributed by atoms with van der Waals surface area (Å²) in [5.41, 5.74) is 3.29. The molecule has 0 bridgehead atoms. The number of fused-ring (bicyclic) bond motifs is 1. The Morgan fingerprint density at radius 3 is 2.33 bits per heavy atom. The van der Waals surface area contributed by atoms with Gasteiger partial charge in [0.05, 0.1) is 11.9 Å². The number of carbonyl (C=O) groups excluding carboxylic acids is 1. The van der Waals surface area contributed by atoms with Crippen LogP contribution in [0.3, 0.4) is 0 Å². The number of nitrogens with one attached hydrogen (secondary N) is 1. The highest BCUT2D eigenvalue weighted by atomic mass is 16.2. The van der Waals surface area contributed by atoms with Gasteiger partial charge in [0.1, 0.15) is 5.82 Å². The third kappa shape index (κ3) is 4.72. The maximum Gasteiger partial charge on any atom is 0.253 e. The van der Waals surface area contributed by atoms with Gasteiger partial charge in [-0.3, -0.25) is 9.69 Å². The van der Waals surface area contributed by atoms with E-state index in [2.05, 4.69) is 65.1 Å². The van der Waals surface area contributed by atoms with Crippen molar-refractivity contribution in [1.29, 1.82) is 0 Å². The fourth-order valence-electron chi connectivity index (χ4n) is 6.68. The molecule has 2 aromatic rings. The van der Waals surface area contributed by atoms with Crippen molar-refractivity contribution in [2.75, 3.05) is 56.0 Å². The lowest BCUT2D eigenvalue weighted by Crippen LogP contribution is -2.35. The van der Waals surface area contributed by atoms with Gasteiger partial charge in [-0.2, -0.15) is 0 Å². The molecule has 4 heterocycles. The van der Waals surface area contributed by atoms with Gasteiger partial charge in [0.2, 0.25) is 0 Å². The standard InChI is InChI=1S/C30H41N5O/c1-30(2,3)22-8-6-21(7-9-22)29(36)35-19-26-25(27(26)20-35)17-31-23-10-11-28(32-16-23)34-15-12-24(18-34)33-13-4-5-14-33/h6-11,16,24-27,31H,4-5,12-15,17-20H2,1-3H3. The average molecular weight is 488 g/mol. The second-order valence-electron chi connectivity index (χ2n) is 12.4. The highest BCUT2D eigenvalue weighted by molar-refractivity contribution is 5.94. The third-order valence-electron chi connectivity index (χ3n) is 9.09. The fourth-order valence-corrected chi connectivity index (χ4v) is 6.68. The largest absolute Gasteiger partial charge is 0.383 e. The van der Waals surface area contributed by atoms with E-state index in [1.807, 2.05) is 18.3 Å². The van der Waals surface area contributed by atoms with Crippen LogP contribution in [0.15, 0.2) is 42.6 Å². The zero-order valence-corrected chi connectivity index (χ0v) is 22.1. The summed E-state index contributed by atoms with van der Waals surface area (Å²) in [6.45, 7) is 14.1. The Bertz CT molecular complexity index is 1060. The van der Waals surface area contributed by atoms with Crippen LogP contribution in [-0.2, 0) is 5.41 Å². The van der Waals surface area contributed by atoms with E-state index in [9.17, 15) is 4.79 Å². The molecule has 0 radical (unpaired) electrons. The Labute approximate surface area is 216 Å². The first-order valence-electron chi connectivity index (χ1n) is 14.0. The number of likely N-dealkylation sites (tertiary alicyclic amines) is 2. The molecule has 3 unspecified atom stereocenters. The summed E-state index contributed by atoms with van der Waals surface area (Å²) >= 11 is 0. The minimum absolute atomic E-state index is 0.109. The lowest BCUT2D eigenvalue weighted by atomic mass is 9.86. The Balaban J connectivity index is 0.955. The average Bonchev–Trinajstić information content (AvgIpc) is 3.43. The number of carbonyl (C=O) groups is 1. The molecule has 1 saturated carbocycles. The molecule has 3 atom stereocenters. The predicted octanol–water partition coefficient (Wildman–Crippen LogP) is 4.48. The minimum atomic E-state index is 0.109. The van der Waals surface area contributed by atoms with E-state index in [0.29, 0.717) is 23.8 Å². The molecule has 3 saturated heterocycles. The van der Waals surface area contributed by atoms with Gasteiger partial charge in [-0.05, 0) is 85.3 Å². The predicted molar refractivity (Wildman–Crippen MR) is 146 cm³/mol. The van der Waals surface area contributed by atoms with E-state index in [1.165, 1.54) is 37.9 Å². The van der Waals surface area contributed by atoms with Crippen molar-refractivity contribution in [2.45, 2.75) is 51.5 Å². The maximum atomic E-state index is 13.0. The van der Waals surface area contributed by atoms with E-state index in [0.717, 1.165) is 49.8 Å². The smallest absolute Gasteiger partial charge is 0.253 e. The van der Waals surface area contributed by atoms with Crippen LogP contribution in [-0.4, -0.2) is 72.5 Å². The van der Waals surface area contributed by atoms with E-state index in [-0.39, 0.29) is 11.3 Å². The molecule has 1 aliphatic carbocycles.